The van der Waals surface area contributed by atoms with Crippen molar-refractivity contribution in [2.24, 2.45) is 0 Å². The van der Waals surface area contributed by atoms with Crippen molar-refractivity contribution in [2.75, 3.05) is 37.7 Å². The largest absolute Gasteiger partial charge is 0.455 e. The molecule has 0 aliphatic carbocycles. The van der Waals surface area contributed by atoms with Gasteiger partial charge in [-0.2, -0.15) is 0 Å². The van der Waals surface area contributed by atoms with Gasteiger partial charge >= 0.3 is 0 Å². The number of benzene rings is 2. The molecule has 2 heterocycles. The van der Waals surface area contributed by atoms with E-state index in [0.717, 1.165) is 37.0 Å². The number of carbonyl (C=O) groups is 1. The number of piperidine rings is 1. The van der Waals surface area contributed by atoms with E-state index in [1.165, 1.54) is 17.7 Å². The smallest absolute Gasteiger partial charge is 0.255 e. The highest BCUT2D eigenvalue weighted by Gasteiger charge is 2.26. The lowest BCUT2D eigenvalue weighted by atomic mass is 9.89. The second-order valence-corrected chi connectivity index (χ2v) is 8.44. The zero-order valence-corrected chi connectivity index (χ0v) is 18.2. The predicted octanol–water partition coefficient (Wildman–Crippen LogP) is 4.78. The molecular weight excluding hydrogens is 401 g/mol. The third-order valence-corrected chi connectivity index (χ3v) is 6.49. The number of nitrogens with zero attached hydrogens (tertiary/aromatic N) is 1. The molecule has 30 heavy (non-hydrogen) atoms. The van der Waals surface area contributed by atoms with Crippen molar-refractivity contribution in [2.45, 2.75) is 18.8 Å². The van der Waals surface area contributed by atoms with Crippen molar-refractivity contribution in [3.63, 3.8) is 0 Å². The number of anilines is 1. The van der Waals surface area contributed by atoms with E-state index in [0.29, 0.717) is 28.4 Å². The SMILES string of the molecule is CNC(=O)c1c(-c2ccc(F)cc2)oc2cc(N(C)SC)c([C@H]3CCCNC3)cc12. The average molecular weight is 428 g/mol. The van der Waals surface area contributed by atoms with Gasteiger partial charge in [-0.3, -0.25) is 4.79 Å². The first-order valence-electron chi connectivity index (χ1n) is 10.1. The molecular formula is C23H26FN3O2S. The van der Waals surface area contributed by atoms with Crippen LogP contribution >= 0.6 is 11.9 Å². The van der Waals surface area contributed by atoms with Crippen molar-refractivity contribution in [1.29, 1.82) is 0 Å². The predicted molar refractivity (Wildman–Crippen MR) is 122 cm³/mol. The highest BCUT2D eigenvalue weighted by atomic mass is 32.2. The molecule has 0 unspecified atom stereocenters. The van der Waals surface area contributed by atoms with Gasteiger partial charge in [-0.1, -0.05) is 11.9 Å². The van der Waals surface area contributed by atoms with Crippen LogP contribution in [0.15, 0.2) is 40.8 Å². The fraction of sp³-hybridized carbons (Fsp3) is 0.348. The van der Waals surface area contributed by atoms with Gasteiger partial charge in [-0.25, -0.2) is 4.39 Å². The third-order valence-electron chi connectivity index (χ3n) is 5.75. The molecule has 1 fully saturated rings. The summed E-state index contributed by atoms with van der Waals surface area (Å²) in [6, 6.07) is 10.2. The van der Waals surface area contributed by atoms with Crippen LogP contribution < -0.4 is 14.9 Å². The number of amides is 1. The Labute approximate surface area is 180 Å². The summed E-state index contributed by atoms with van der Waals surface area (Å²) in [5, 5.41) is 7.00. The fourth-order valence-electron chi connectivity index (χ4n) is 4.12. The second kappa shape index (κ2) is 8.70. The van der Waals surface area contributed by atoms with Crippen LogP contribution in [0.4, 0.5) is 10.1 Å². The van der Waals surface area contributed by atoms with E-state index >= 15 is 0 Å². The lowest BCUT2D eigenvalue weighted by Crippen LogP contribution is -2.29. The molecule has 1 amide bonds. The summed E-state index contributed by atoms with van der Waals surface area (Å²) < 4.78 is 21.8. The van der Waals surface area contributed by atoms with Gasteiger partial charge in [0.05, 0.1) is 11.3 Å². The normalized spacial score (nSPS) is 16.6. The van der Waals surface area contributed by atoms with Gasteiger partial charge < -0.3 is 19.4 Å². The molecule has 1 aromatic heterocycles. The number of rotatable bonds is 5. The van der Waals surface area contributed by atoms with Gasteiger partial charge in [0.15, 0.2) is 0 Å². The van der Waals surface area contributed by atoms with Gasteiger partial charge in [0.25, 0.3) is 5.91 Å². The molecule has 0 radical (unpaired) electrons. The number of hydrogen-bond acceptors (Lipinski definition) is 5. The number of halogens is 1. The molecule has 1 saturated heterocycles. The quantitative estimate of drug-likeness (QED) is 0.574. The van der Waals surface area contributed by atoms with E-state index in [1.807, 2.05) is 19.4 Å². The standard InChI is InChI=1S/C23H26FN3O2S/c1-25-23(28)21-18-11-17(15-5-4-10-26-13-15)19(27(2)30-3)12-20(18)29-22(21)14-6-8-16(24)9-7-14/h6-9,11-12,15,26H,4-5,10,13H2,1-3H3,(H,25,28)/t15-/m0/s1. The van der Waals surface area contributed by atoms with Crippen LogP contribution in [0.2, 0.25) is 0 Å². The van der Waals surface area contributed by atoms with Crippen LogP contribution in [0.5, 0.6) is 0 Å². The Morgan fingerprint density at radius 2 is 2.07 bits per heavy atom. The Morgan fingerprint density at radius 3 is 2.70 bits per heavy atom. The molecule has 1 aliphatic heterocycles. The molecule has 4 rings (SSSR count). The van der Waals surface area contributed by atoms with Crippen LogP contribution in [-0.4, -0.2) is 39.3 Å². The summed E-state index contributed by atoms with van der Waals surface area (Å²) in [5.74, 6) is 0.287. The molecule has 7 heteroatoms. The van der Waals surface area contributed by atoms with Crippen molar-refractivity contribution < 1.29 is 13.6 Å². The number of nitrogens with one attached hydrogen (secondary N) is 2. The maximum atomic E-state index is 13.4. The molecule has 0 bridgehead atoms. The maximum Gasteiger partial charge on any atom is 0.255 e. The lowest BCUT2D eigenvalue weighted by Gasteiger charge is -2.28. The third kappa shape index (κ3) is 3.79. The highest BCUT2D eigenvalue weighted by molar-refractivity contribution is 7.99. The minimum atomic E-state index is -0.327. The van der Waals surface area contributed by atoms with E-state index in [4.69, 9.17) is 4.42 Å². The average Bonchev–Trinajstić information content (AvgIpc) is 3.16. The minimum Gasteiger partial charge on any atom is -0.455 e. The monoisotopic (exact) mass is 427 g/mol. The summed E-state index contributed by atoms with van der Waals surface area (Å²) in [6.07, 6.45) is 4.26. The van der Waals surface area contributed by atoms with Crippen molar-refractivity contribution in [1.82, 2.24) is 10.6 Å². The molecule has 2 aromatic carbocycles. The molecule has 3 aromatic rings. The van der Waals surface area contributed by atoms with E-state index in [-0.39, 0.29) is 11.7 Å². The maximum absolute atomic E-state index is 13.4. The Balaban J connectivity index is 1.96. The van der Waals surface area contributed by atoms with Crippen LogP contribution in [0.1, 0.15) is 34.7 Å². The molecule has 0 saturated carbocycles. The minimum absolute atomic E-state index is 0.216. The number of fused-ring (bicyclic) bond motifs is 1. The number of carbonyl (C=O) groups excluding carboxylic acids is 1. The lowest BCUT2D eigenvalue weighted by molar-refractivity contribution is 0.0964. The van der Waals surface area contributed by atoms with Gasteiger partial charge in [-0.05, 0) is 61.2 Å². The van der Waals surface area contributed by atoms with Gasteiger partial charge in [0.1, 0.15) is 17.2 Å². The summed E-state index contributed by atoms with van der Waals surface area (Å²) in [4.78, 5) is 12.8. The first-order valence-corrected chi connectivity index (χ1v) is 11.3. The van der Waals surface area contributed by atoms with E-state index in [1.54, 1.807) is 31.1 Å². The Kier molecular flexibility index (Phi) is 6.01. The molecule has 5 nitrogen and oxygen atoms in total. The van der Waals surface area contributed by atoms with Crippen LogP contribution in [0.25, 0.3) is 22.3 Å². The first-order chi connectivity index (χ1) is 14.5. The summed E-state index contributed by atoms with van der Waals surface area (Å²) >= 11 is 1.63. The van der Waals surface area contributed by atoms with Crippen LogP contribution in [0.3, 0.4) is 0 Å². The van der Waals surface area contributed by atoms with Crippen molar-refractivity contribution in [3.05, 3.63) is 53.3 Å². The Hall–Kier alpha value is -2.51. The Morgan fingerprint density at radius 1 is 1.30 bits per heavy atom. The summed E-state index contributed by atoms with van der Waals surface area (Å²) in [5.41, 5.74) is 4.11. The van der Waals surface area contributed by atoms with Crippen LogP contribution in [0, 0.1) is 5.82 Å². The molecule has 1 atom stereocenters. The summed E-state index contributed by atoms with van der Waals surface area (Å²) in [7, 11) is 3.65. The van der Waals surface area contributed by atoms with Crippen molar-refractivity contribution in [3.8, 4) is 11.3 Å². The molecule has 1 aliphatic rings. The van der Waals surface area contributed by atoms with Crippen molar-refractivity contribution >= 4 is 34.5 Å². The van der Waals surface area contributed by atoms with E-state index < -0.39 is 0 Å². The highest BCUT2D eigenvalue weighted by Crippen LogP contribution is 2.41. The van der Waals surface area contributed by atoms with E-state index in [2.05, 4.69) is 21.0 Å². The van der Waals surface area contributed by atoms with Gasteiger partial charge in [0.2, 0.25) is 0 Å². The summed E-state index contributed by atoms with van der Waals surface area (Å²) in [6.45, 7) is 1.95. The molecule has 2 N–H and O–H groups in total. The van der Waals surface area contributed by atoms with Gasteiger partial charge in [-0.15, -0.1) is 0 Å². The second-order valence-electron chi connectivity index (χ2n) is 7.52. The molecule has 158 valence electrons. The fourth-order valence-corrected chi connectivity index (χ4v) is 4.47. The molecule has 0 spiro atoms. The van der Waals surface area contributed by atoms with Gasteiger partial charge in [0, 0.05) is 43.9 Å². The topological polar surface area (TPSA) is 57.5 Å². The number of hydrogen-bond donors (Lipinski definition) is 2. The van der Waals surface area contributed by atoms with Crippen LogP contribution in [-0.2, 0) is 0 Å². The van der Waals surface area contributed by atoms with E-state index in [9.17, 15) is 9.18 Å². The number of furan rings is 1. The Bertz CT molecular complexity index is 1060. The first kappa shape index (κ1) is 20.8. The zero-order valence-electron chi connectivity index (χ0n) is 17.4. The zero-order chi connectivity index (χ0) is 21.3.